The van der Waals surface area contributed by atoms with E-state index < -0.39 is 5.60 Å². The highest BCUT2D eigenvalue weighted by molar-refractivity contribution is 5.79. The molecule has 5 nitrogen and oxygen atoms in total. The second-order valence-electron chi connectivity index (χ2n) is 5.65. The Labute approximate surface area is 132 Å². The number of carbonyl (C=O) groups is 1. The lowest BCUT2D eigenvalue weighted by Crippen LogP contribution is -2.50. The van der Waals surface area contributed by atoms with Crippen molar-refractivity contribution in [3.8, 4) is 0 Å². The highest BCUT2D eigenvalue weighted by atomic mass is 16.6. The van der Waals surface area contributed by atoms with Crippen LogP contribution in [0.4, 0.5) is 0 Å². The van der Waals surface area contributed by atoms with Gasteiger partial charge in [0.2, 0.25) is 0 Å². The number of rotatable bonds is 8. The minimum atomic E-state index is -0.797. The van der Waals surface area contributed by atoms with Gasteiger partial charge in [-0.3, -0.25) is 0 Å². The van der Waals surface area contributed by atoms with Gasteiger partial charge in [-0.1, -0.05) is 30.3 Å². The molecule has 5 heteroatoms. The number of nitrogens with two attached hydrogens (primary N) is 1. The minimum absolute atomic E-state index is 0.245. The second kappa shape index (κ2) is 8.88. The fourth-order valence-electron chi connectivity index (χ4n) is 2.61. The van der Waals surface area contributed by atoms with Crippen molar-refractivity contribution in [3.05, 3.63) is 35.9 Å². The lowest BCUT2D eigenvalue weighted by Gasteiger charge is -2.35. The lowest BCUT2D eigenvalue weighted by molar-refractivity contribution is -0.178. The van der Waals surface area contributed by atoms with Gasteiger partial charge in [0.05, 0.1) is 0 Å². The Bertz CT molecular complexity index is 444. The van der Waals surface area contributed by atoms with Crippen molar-refractivity contribution in [2.75, 3.05) is 26.2 Å². The number of benzene rings is 1. The third-order valence-electron chi connectivity index (χ3n) is 3.97. The first-order chi connectivity index (χ1) is 10.8. The second-order valence-corrected chi connectivity index (χ2v) is 5.65. The van der Waals surface area contributed by atoms with Crippen molar-refractivity contribution < 1.29 is 14.3 Å². The molecule has 3 N–H and O–H groups in total. The monoisotopic (exact) mass is 306 g/mol. The fourth-order valence-corrected chi connectivity index (χ4v) is 2.61. The molecule has 0 atom stereocenters. The maximum absolute atomic E-state index is 12.6. The van der Waals surface area contributed by atoms with Crippen LogP contribution in [0.2, 0.25) is 0 Å². The molecule has 1 heterocycles. The molecule has 1 aliphatic heterocycles. The summed E-state index contributed by atoms with van der Waals surface area (Å²) in [7, 11) is 0. The first-order valence-electron chi connectivity index (χ1n) is 8.03. The molecule has 2 rings (SSSR count). The van der Waals surface area contributed by atoms with E-state index in [-0.39, 0.29) is 5.97 Å². The molecule has 1 saturated heterocycles. The van der Waals surface area contributed by atoms with Gasteiger partial charge in [0.25, 0.3) is 0 Å². The molecule has 0 spiro atoms. The Morgan fingerprint density at radius 3 is 2.59 bits per heavy atom. The maximum atomic E-state index is 12.6. The summed E-state index contributed by atoms with van der Waals surface area (Å²) in [5.41, 5.74) is 5.69. The van der Waals surface area contributed by atoms with Crippen LogP contribution in [0.5, 0.6) is 0 Å². The highest BCUT2D eigenvalue weighted by Crippen LogP contribution is 2.26. The number of carbonyl (C=O) groups excluding carboxylic acids is 1. The zero-order valence-corrected chi connectivity index (χ0v) is 13.1. The summed E-state index contributed by atoms with van der Waals surface area (Å²) in [6, 6.07) is 9.72. The van der Waals surface area contributed by atoms with Crippen molar-refractivity contribution in [1.29, 1.82) is 0 Å². The van der Waals surface area contributed by atoms with Crippen molar-refractivity contribution in [1.82, 2.24) is 5.32 Å². The normalized spacial score (nSPS) is 17.1. The van der Waals surface area contributed by atoms with Crippen molar-refractivity contribution in [2.24, 2.45) is 5.73 Å². The van der Waals surface area contributed by atoms with Crippen molar-refractivity contribution in [3.63, 3.8) is 0 Å². The van der Waals surface area contributed by atoms with E-state index in [9.17, 15) is 4.79 Å². The quantitative estimate of drug-likeness (QED) is 0.564. The summed E-state index contributed by atoms with van der Waals surface area (Å²) < 4.78 is 11.5. The van der Waals surface area contributed by atoms with E-state index in [1.807, 2.05) is 30.3 Å². The topological polar surface area (TPSA) is 73.6 Å². The lowest BCUT2D eigenvalue weighted by atomic mass is 9.92. The molecule has 0 radical (unpaired) electrons. The third-order valence-corrected chi connectivity index (χ3v) is 3.97. The third kappa shape index (κ3) is 4.80. The van der Waals surface area contributed by atoms with Crippen molar-refractivity contribution in [2.45, 2.75) is 37.9 Å². The van der Waals surface area contributed by atoms with E-state index >= 15 is 0 Å². The molecule has 22 heavy (non-hydrogen) atoms. The number of ether oxygens (including phenoxy) is 2. The van der Waals surface area contributed by atoms with Gasteiger partial charge < -0.3 is 20.5 Å². The van der Waals surface area contributed by atoms with Gasteiger partial charge in [-0.15, -0.1) is 0 Å². The summed E-state index contributed by atoms with van der Waals surface area (Å²) in [6.07, 6.45) is 3.09. The van der Waals surface area contributed by atoms with Crippen LogP contribution < -0.4 is 11.1 Å². The minimum Gasteiger partial charge on any atom is -0.459 e. The van der Waals surface area contributed by atoms with Crippen LogP contribution >= 0.6 is 0 Å². The molecule has 0 unspecified atom stereocenters. The van der Waals surface area contributed by atoms with E-state index in [4.69, 9.17) is 15.2 Å². The molecule has 0 amide bonds. The summed E-state index contributed by atoms with van der Waals surface area (Å²) in [5.74, 6) is -0.245. The van der Waals surface area contributed by atoms with Gasteiger partial charge in [-0.2, -0.15) is 0 Å². The Morgan fingerprint density at radius 1 is 1.18 bits per heavy atom. The predicted octanol–water partition coefficient (Wildman–Crippen LogP) is 1.61. The van der Waals surface area contributed by atoms with Gasteiger partial charge in [0, 0.05) is 6.61 Å². The zero-order valence-electron chi connectivity index (χ0n) is 13.1. The molecule has 0 bridgehead atoms. The van der Waals surface area contributed by atoms with E-state index in [1.165, 1.54) is 0 Å². The molecule has 0 aliphatic carbocycles. The molecule has 0 aromatic heterocycles. The van der Waals surface area contributed by atoms with E-state index in [0.717, 1.165) is 31.5 Å². The zero-order chi connectivity index (χ0) is 15.7. The Morgan fingerprint density at radius 2 is 1.91 bits per heavy atom. The Hall–Kier alpha value is -1.43. The number of piperidine rings is 1. The smallest absolute Gasteiger partial charge is 0.338 e. The molecule has 1 aromatic rings. The number of unbranched alkanes of at least 4 members (excludes halogenated alkanes) is 1. The molecule has 1 aliphatic rings. The summed E-state index contributed by atoms with van der Waals surface area (Å²) in [6.45, 7) is 3.05. The number of hydrogen-bond donors (Lipinski definition) is 2. The molecular weight excluding hydrogens is 280 g/mol. The van der Waals surface area contributed by atoms with Crippen LogP contribution in [0.15, 0.2) is 30.3 Å². The average molecular weight is 306 g/mol. The van der Waals surface area contributed by atoms with E-state index in [1.54, 1.807) is 0 Å². The van der Waals surface area contributed by atoms with Gasteiger partial charge in [0.15, 0.2) is 5.60 Å². The van der Waals surface area contributed by atoms with Gasteiger partial charge in [0.1, 0.15) is 6.61 Å². The van der Waals surface area contributed by atoms with Crippen LogP contribution in [0.3, 0.4) is 0 Å². The summed E-state index contributed by atoms with van der Waals surface area (Å²) >= 11 is 0. The fraction of sp³-hybridized carbons (Fsp3) is 0.588. The molecule has 0 saturated carbocycles. The largest absolute Gasteiger partial charge is 0.459 e. The Balaban J connectivity index is 1.90. The van der Waals surface area contributed by atoms with Crippen LogP contribution in [0.25, 0.3) is 0 Å². The van der Waals surface area contributed by atoms with Crippen LogP contribution in [0.1, 0.15) is 31.2 Å². The first-order valence-corrected chi connectivity index (χ1v) is 8.03. The van der Waals surface area contributed by atoms with Gasteiger partial charge >= 0.3 is 5.97 Å². The molecule has 1 aromatic carbocycles. The van der Waals surface area contributed by atoms with Gasteiger partial charge in [-0.25, -0.2) is 4.79 Å². The molecule has 1 fully saturated rings. The predicted molar refractivity (Wildman–Crippen MR) is 85.3 cm³/mol. The average Bonchev–Trinajstić information content (AvgIpc) is 2.58. The van der Waals surface area contributed by atoms with E-state index in [2.05, 4.69) is 5.32 Å². The summed E-state index contributed by atoms with van der Waals surface area (Å²) in [5, 5.41) is 3.26. The number of esters is 1. The Kier molecular flexibility index (Phi) is 6.83. The highest BCUT2D eigenvalue weighted by Gasteiger charge is 2.42. The molecular formula is C17H26N2O3. The number of nitrogens with one attached hydrogen (secondary N) is 1. The standard InChI is InChI=1S/C17H26N2O3/c18-10-4-5-13-22-17(8-11-19-12-9-17)16(20)21-14-15-6-2-1-3-7-15/h1-3,6-7,19H,4-5,8-14,18H2. The van der Waals surface area contributed by atoms with Gasteiger partial charge in [-0.05, 0) is 50.9 Å². The van der Waals surface area contributed by atoms with E-state index in [0.29, 0.717) is 32.6 Å². The van der Waals surface area contributed by atoms with Crippen LogP contribution in [-0.4, -0.2) is 37.8 Å². The SMILES string of the molecule is NCCCCOC1(C(=O)OCc2ccccc2)CCNCC1. The maximum Gasteiger partial charge on any atom is 0.338 e. The van der Waals surface area contributed by atoms with Crippen LogP contribution in [0, 0.1) is 0 Å². The summed E-state index contributed by atoms with van der Waals surface area (Å²) in [4.78, 5) is 12.6. The number of hydrogen-bond acceptors (Lipinski definition) is 5. The molecule has 122 valence electrons. The van der Waals surface area contributed by atoms with Crippen LogP contribution in [-0.2, 0) is 20.9 Å². The van der Waals surface area contributed by atoms with Crippen molar-refractivity contribution >= 4 is 5.97 Å². The first kappa shape index (κ1) is 16.9.